The lowest BCUT2D eigenvalue weighted by Gasteiger charge is -2.08. The Bertz CT molecular complexity index is 943. The number of sulfonamides is 1. The van der Waals surface area contributed by atoms with Crippen LogP contribution in [0.15, 0.2) is 58.2 Å². The molecule has 0 unspecified atom stereocenters. The number of carbonyl (C=O) groups is 1. The monoisotopic (exact) mass is 316 g/mol. The van der Waals surface area contributed by atoms with Gasteiger partial charge in [-0.2, -0.15) is 0 Å². The molecule has 2 aromatic carbocycles. The van der Waals surface area contributed by atoms with Gasteiger partial charge in [0.25, 0.3) is 10.0 Å². The van der Waals surface area contributed by atoms with Crippen molar-refractivity contribution in [1.29, 1.82) is 0 Å². The summed E-state index contributed by atoms with van der Waals surface area (Å²) in [5.74, 6) is -0.117. The second kappa shape index (κ2) is 5.27. The third-order valence-corrected chi connectivity index (χ3v) is 4.55. The van der Waals surface area contributed by atoms with Crippen LogP contribution in [0.25, 0.3) is 11.1 Å². The molecule has 0 aliphatic rings. The molecular formula is C15H12N2O4S. The number of benzene rings is 2. The van der Waals surface area contributed by atoms with Crippen LogP contribution in [0.2, 0.25) is 0 Å². The standard InChI is InChI=1S/C15H12N2O4S/c1-10(18)11-2-5-13(6-3-11)22(19,20)17-12-4-7-15-14(8-12)16-9-21-15/h2-9,17H,1H3. The van der Waals surface area contributed by atoms with E-state index in [1.165, 1.54) is 37.6 Å². The SMILES string of the molecule is CC(=O)c1ccc(S(=O)(=O)Nc2ccc3ocnc3c2)cc1. The lowest BCUT2D eigenvalue weighted by Crippen LogP contribution is -2.13. The van der Waals surface area contributed by atoms with Crippen LogP contribution in [-0.2, 0) is 10.0 Å². The molecule has 0 aliphatic carbocycles. The first-order valence-corrected chi connectivity index (χ1v) is 7.91. The van der Waals surface area contributed by atoms with E-state index in [0.717, 1.165) is 0 Å². The summed E-state index contributed by atoms with van der Waals surface area (Å²) in [6.45, 7) is 1.43. The van der Waals surface area contributed by atoms with Gasteiger partial charge in [0.1, 0.15) is 5.52 Å². The number of carbonyl (C=O) groups excluding carboxylic acids is 1. The van der Waals surface area contributed by atoms with Gasteiger partial charge in [-0.1, -0.05) is 12.1 Å². The number of oxazole rings is 1. The fraction of sp³-hybridized carbons (Fsp3) is 0.0667. The molecule has 0 saturated heterocycles. The number of Topliss-reactive ketones (excluding diaryl/α,β-unsaturated/α-hetero) is 1. The van der Waals surface area contributed by atoms with Gasteiger partial charge in [-0.25, -0.2) is 13.4 Å². The predicted molar refractivity (Wildman–Crippen MR) is 81.3 cm³/mol. The highest BCUT2D eigenvalue weighted by atomic mass is 32.2. The predicted octanol–water partition coefficient (Wildman–Crippen LogP) is 2.83. The fourth-order valence-electron chi connectivity index (χ4n) is 2.00. The minimum absolute atomic E-state index is 0.0812. The lowest BCUT2D eigenvalue weighted by molar-refractivity contribution is 0.101. The molecule has 0 atom stereocenters. The topological polar surface area (TPSA) is 89.3 Å². The van der Waals surface area contributed by atoms with E-state index in [0.29, 0.717) is 22.4 Å². The van der Waals surface area contributed by atoms with Crippen molar-refractivity contribution in [2.75, 3.05) is 4.72 Å². The Labute approximate surface area is 126 Å². The van der Waals surface area contributed by atoms with Gasteiger partial charge in [0, 0.05) is 5.56 Å². The van der Waals surface area contributed by atoms with Crippen LogP contribution in [0.5, 0.6) is 0 Å². The summed E-state index contributed by atoms with van der Waals surface area (Å²) in [7, 11) is -3.73. The first kappa shape index (κ1) is 14.3. The van der Waals surface area contributed by atoms with E-state index in [1.807, 2.05) is 0 Å². The van der Waals surface area contributed by atoms with Crippen molar-refractivity contribution >= 4 is 32.6 Å². The zero-order valence-electron chi connectivity index (χ0n) is 11.6. The zero-order chi connectivity index (χ0) is 15.7. The second-order valence-electron chi connectivity index (χ2n) is 4.72. The third kappa shape index (κ3) is 2.71. The van der Waals surface area contributed by atoms with Crippen LogP contribution in [0.1, 0.15) is 17.3 Å². The fourth-order valence-corrected chi connectivity index (χ4v) is 3.05. The van der Waals surface area contributed by atoms with Crippen molar-refractivity contribution < 1.29 is 17.6 Å². The molecule has 22 heavy (non-hydrogen) atoms. The number of anilines is 1. The molecule has 1 aromatic heterocycles. The van der Waals surface area contributed by atoms with Crippen molar-refractivity contribution in [2.24, 2.45) is 0 Å². The molecule has 0 fully saturated rings. The summed E-state index contributed by atoms with van der Waals surface area (Å²) >= 11 is 0. The highest BCUT2D eigenvalue weighted by Gasteiger charge is 2.15. The molecule has 0 bridgehead atoms. The Morgan fingerprint density at radius 1 is 1.14 bits per heavy atom. The highest BCUT2D eigenvalue weighted by molar-refractivity contribution is 7.92. The van der Waals surface area contributed by atoms with E-state index >= 15 is 0 Å². The van der Waals surface area contributed by atoms with Crippen molar-refractivity contribution in [3.8, 4) is 0 Å². The smallest absolute Gasteiger partial charge is 0.261 e. The minimum Gasteiger partial charge on any atom is -0.443 e. The lowest BCUT2D eigenvalue weighted by atomic mass is 10.2. The second-order valence-corrected chi connectivity index (χ2v) is 6.40. The maximum absolute atomic E-state index is 12.3. The molecule has 7 heteroatoms. The van der Waals surface area contributed by atoms with Gasteiger partial charge in [-0.3, -0.25) is 9.52 Å². The Hall–Kier alpha value is -2.67. The van der Waals surface area contributed by atoms with Crippen molar-refractivity contribution in [3.63, 3.8) is 0 Å². The van der Waals surface area contributed by atoms with Gasteiger partial charge >= 0.3 is 0 Å². The molecule has 0 amide bonds. The summed E-state index contributed by atoms with van der Waals surface area (Å²) in [6.07, 6.45) is 1.30. The summed E-state index contributed by atoms with van der Waals surface area (Å²) in [5.41, 5.74) is 1.99. The highest BCUT2D eigenvalue weighted by Crippen LogP contribution is 2.21. The molecule has 3 rings (SSSR count). The van der Waals surface area contributed by atoms with Crippen LogP contribution in [-0.4, -0.2) is 19.2 Å². The molecular weight excluding hydrogens is 304 g/mol. The van der Waals surface area contributed by atoms with Crippen LogP contribution in [0.4, 0.5) is 5.69 Å². The molecule has 0 saturated carbocycles. The van der Waals surface area contributed by atoms with E-state index in [4.69, 9.17) is 4.42 Å². The zero-order valence-corrected chi connectivity index (χ0v) is 12.4. The van der Waals surface area contributed by atoms with Crippen molar-refractivity contribution in [1.82, 2.24) is 4.98 Å². The summed E-state index contributed by atoms with van der Waals surface area (Å²) < 4.78 is 32.2. The Balaban J connectivity index is 1.90. The quantitative estimate of drug-likeness (QED) is 0.748. The molecule has 1 heterocycles. The van der Waals surface area contributed by atoms with E-state index in [-0.39, 0.29) is 10.7 Å². The minimum atomic E-state index is -3.73. The number of ketones is 1. The maximum Gasteiger partial charge on any atom is 0.261 e. The normalized spacial score (nSPS) is 11.5. The molecule has 112 valence electrons. The van der Waals surface area contributed by atoms with Gasteiger partial charge in [-0.15, -0.1) is 0 Å². The number of rotatable bonds is 4. The molecule has 3 aromatic rings. The first-order valence-electron chi connectivity index (χ1n) is 6.43. The van der Waals surface area contributed by atoms with E-state index in [1.54, 1.807) is 18.2 Å². The Morgan fingerprint density at radius 3 is 2.55 bits per heavy atom. The van der Waals surface area contributed by atoms with E-state index in [9.17, 15) is 13.2 Å². The summed E-state index contributed by atoms with van der Waals surface area (Å²) in [6, 6.07) is 10.6. The average molecular weight is 316 g/mol. The van der Waals surface area contributed by atoms with Crippen molar-refractivity contribution in [2.45, 2.75) is 11.8 Å². The number of hydrogen-bond acceptors (Lipinski definition) is 5. The van der Waals surface area contributed by atoms with Gasteiger partial charge in [0.05, 0.1) is 10.6 Å². The van der Waals surface area contributed by atoms with Gasteiger partial charge in [-0.05, 0) is 37.3 Å². The van der Waals surface area contributed by atoms with Crippen molar-refractivity contribution in [3.05, 3.63) is 54.4 Å². The molecule has 0 radical (unpaired) electrons. The maximum atomic E-state index is 12.3. The number of nitrogens with one attached hydrogen (secondary N) is 1. The number of aromatic nitrogens is 1. The van der Waals surface area contributed by atoms with Crippen LogP contribution in [0, 0.1) is 0 Å². The summed E-state index contributed by atoms with van der Waals surface area (Å²) in [5, 5.41) is 0. The van der Waals surface area contributed by atoms with E-state index in [2.05, 4.69) is 9.71 Å². The Morgan fingerprint density at radius 2 is 1.86 bits per heavy atom. The largest absolute Gasteiger partial charge is 0.443 e. The number of nitrogens with zero attached hydrogens (tertiary/aromatic N) is 1. The van der Waals surface area contributed by atoms with Crippen LogP contribution < -0.4 is 4.72 Å². The first-order chi connectivity index (χ1) is 10.5. The third-order valence-electron chi connectivity index (χ3n) is 3.15. The number of hydrogen-bond donors (Lipinski definition) is 1. The van der Waals surface area contributed by atoms with E-state index < -0.39 is 10.0 Å². The Kier molecular flexibility index (Phi) is 3.42. The summed E-state index contributed by atoms with van der Waals surface area (Å²) in [4.78, 5) is 15.3. The molecule has 1 N–H and O–H groups in total. The van der Waals surface area contributed by atoms with Crippen LogP contribution >= 0.6 is 0 Å². The molecule has 0 aliphatic heterocycles. The van der Waals surface area contributed by atoms with Gasteiger partial charge < -0.3 is 4.42 Å². The van der Waals surface area contributed by atoms with Gasteiger partial charge in [0.15, 0.2) is 17.8 Å². The molecule has 0 spiro atoms. The molecule has 6 nitrogen and oxygen atoms in total. The number of fused-ring (bicyclic) bond motifs is 1. The average Bonchev–Trinajstić information content (AvgIpc) is 2.94. The van der Waals surface area contributed by atoms with Gasteiger partial charge in [0.2, 0.25) is 0 Å². The van der Waals surface area contributed by atoms with Crippen LogP contribution in [0.3, 0.4) is 0 Å².